The number of hydrogen-bond acceptors (Lipinski definition) is 2. The highest BCUT2D eigenvalue weighted by atomic mass is 16.1. The van der Waals surface area contributed by atoms with E-state index in [-0.39, 0.29) is 5.92 Å². The van der Waals surface area contributed by atoms with Crippen molar-refractivity contribution in [1.82, 2.24) is 5.32 Å². The van der Waals surface area contributed by atoms with Gasteiger partial charge in [-0.3, -0.25) is 4.79 Å². The third kappa shape index (κ3) is 1.52. The highest BCUT2D eigenvalue weighted by Gasteiger charge is 2.21. The monoisotopic (exact) mass is 127 g/mol. The second-order valence-electron chi connectivity index (χ2n) is 2.88. The summed E-state index contributed by atoms with van der Waals surface area (Å²) in [4.78, 5) is 11.0. The van der Waals surface area contributed by atoms with Crippen LogP contribution in [0.4, 0.5) is 0 Å². The van der Waals surface area contributed by atoms with Crippen molar-refractivity contribution < 1.29 is 4.79 Å². The lowest BCUT2D eigenvalue weighted by Gasteiger charge is -2.23. The van der Waals surface area contributed by atoms with E-state index in [1.807, 2.05) is 13.8 Å². The zero-order valence-corrected chi connectivity index (χ0v) is 5.98. The van der Waals surface area contributed by atoms with Crippen molar-refractivity contribution >= 4 is 5.78 Å². The molecule has 9 heavy (non-hydrogen) atoms. The first-order valence-corrected chi connectivity index (χ1v) is 3.46. The van der Waals surface area contributed by atoms with Crippen molar-refractivity contribution in [3.63, 3.8) is 0 Å². The molecule has 1 heterocycles. The van der Waals surface area contributed by atoms with Gasteiger partial charge in [0.05, 0.1) is 0 Å². The first kappa shape index (κ1) is 6.75. The third-order valence-corrected chi connectivity index (χ3v) is 1.83. The van der Waals surface area contributed by atoms with Crippen molar-refractivity contribution in [1.29, 1.82) is 0 Å². The Morgan fingerprint density at radius 2 is 2.22 bits per heavy atom. The summed E-state index contributed by atoms with van der Waals surface area (Å²) in [5.74, 6) is 0.641. The Bertz CT molecular complexity index is 122. The van der Waals surface area contributed by atoms with Gasteiger partial charge < -0.3 is 5.32 Å². The Morgan fingerprint density at radius 1 is 1.56 bits per heavy atom. The molecule has 1 rings (SSSR count). The molecule has 0 saturated carbocycles. The van der Waals surface area contributed by atoms with E-state index in [1.54, 1.807) is 0 Å². The molecule has 0 bridgehead atoms. The molecule has 0 aromatic carbocycles. The van der Waals surface area contributed by atoms with Crippen LogP contribution in [0.5, 0.6) is 0 Å². The summed E-state index contributed by atoms with van der Waals surface area (Å²) in [5, 5.41) is 3.24. The number of carbonyl (C=O) groups excluding carboxylic acids is 1. The van der Waals surface area contributed by atoms with Gasteiger partial charge >= 0.3 is 0 Å². The average Bonchev–Trinajstić information content (AvgIpc) is 1.80. The van der Waals surface area contributed by atoms with Crippen LogP contribution in [-0.2, 0) is 4.79 Å². The summed E-state index contributed by atoms with van der Waals surface area (Å²) < 4.78 is 0. The lowest BCUT2D eigenvalue weighted by Crippen LogP contribution is -2.41. The number of hydrogen-bond donors (Lipinski definition) is 1. The number of nitrogens with one attached hydrogen (secondary N) is 1. The van der Waals surface area contributed by atoms with Crippen LogP contribution >= 0.6 is 0 Å². The number of carbonyl (C=O) groups is 1. The molecule has 52 valence electrons. The Labute approximate surface area is 55.6 Å². The summed E-state index contributed by atoms with van der Waals surface area (Å²) in [6.45, 7) is 4.88. The van der Waals surface area contributed by atoms with Gasteiger partial charge in [0.15, 0.2) is 0 Å². The smallest absolute Gasteiger partial charge is 0.138 e. The fourth-order valence-electron chi connectivity index (χ4n) is 1.07. The Morgan fingerprint density at radius 3 is 2.67 bits per heavy atom. The van der Waals surface area contributed by atoms with Crippen molar-refractivity contribution in [2.75, 3.05) is 6.54 Å². The zero-order chi connectivity index (χ0) is 6.85. The molecule has 0 aromatic rings. The van der Waals surface area contributed by atoms with E-state index in [2.05, 4.69) is 5.32 Å². The SMILES string of the molecule is C[C@@H]1CC(=O)[C@H](C)CN1. The van der Waals surface area contributed by atoms with Gasteiger partial charge in [-0.2, -0.15) is 0 Å². The van der Waals surface area contributed by atoms with E-state index in [4.69, 9.17) is 0 Å². The van der Waals surface area contributed by atoms with E-state index in [9.17, 15) is 4.79 Å². The lowest BCUT2D eigenvalue weighted by molar-refractivity contribution is -0.124. The van der Waals surface area contributed by atoms with Gasteiger partial charge in [-0.25, -0.2) is 0 Å². The van der Waals surface area contributed by atoms with E-state index in [1.165, 1.54) is 0 Å². The van der Waals surface area contributed by atoms with E-state index < -0.39 is 0 Å². The van der Waals surface area contributed by atoms with Crippen LogP contribution in [0.2, 0.25) is 0 Å². The lowest BCUT2D eigenvalue weighted by atomic mass is 9.96. The summed E-state index contributed by atoms with van der Waals surface area (Å²) in [5.41, 5.74) is 0. The van der Waals surface area contributed by atoms with Crippen LogP contribution in [0.15, 0.2) is 0 Å². The minimum atomic E-state index is 0.237. The average molecular weight is 127 g/mol. The number of rotatable bonds is 0. The van der Waals surface area contributed by atoms with Gasteiger partial charge in [-0.1, -0.05) is 6.92 Å². The molecule has 0 aromatic heterocycles. The van der Waals surface area contributed by atoms with Gasteiger partial charge in [0.25, 0.3) is 0 Å². The minimum Gasteiger partial charge on any atom is -0.313 e. The molecule has 0 spiro atoms. The van der Waals surface area contributed by atoms with Gasteiger partial charge in [0.1, 0.15) is 5.78 Å². The molecule has 0 radical (unpaired) electrons. The number of Topliss-reactive ketones (excluding diaryl/α,β-unsaturated/α-hetero) is 1. The normalized spacial score (nSPS) is 36.9. The molecular weight excluding hydrogens is 114 g/mol. The maximum Gasteiger partial charge on any atom is 0.138 e. The van der Waals surface area contributed by atoms with Crippen molar-refractivity contribution in [2.24, 2.45) is 5.92 Å². The Hall–Kier alpha value is -0.370. The molecule has 2 heteroatoms. The molecule has 0 amide bonds. The van der Waals surface area contributed by atoms with E-state index in [0.717, 1.165) is 6.54 Å². The highest BCUT2D eigenvalue weighted by Crippen LogP contribution is 2.08. The quantitative estimate of drug-likeness (QED) is 0.515. The van der Waals surface area contributed by atoms with Gasteiger partial charge in [0.2, 0.25) is 0 Å². The number of piperidine rings is 1. The van der Waals surface area contributed by atoms with Crippen LogP contribution in [0, 0.1) is 5.92 Å². The van der Waals surface area contributed by atoms with Crippen LogP contribution < -0.4 is 5.32 Å². The van der Waals surface area contributed by atoms with Crippen LogP contribution in [0.1, 0.15) is 20.3 Å². The Balaban J connectivity index is 2.44. The second kappa shape index (κ2) is 2.48. The summed E-state index contributed by atoms with van der Waals surface area (Å²) in [7, 11) is 0. The minimum absolute atomic E-state index is 0.237. The van der Waals surface area contributed by atoms with E-state index >= 15 is 0 Å². The second-order valence-corrected chi connectivity index (χ2v) is 2.88. The molecule has 1 saturated heterocycles. The molecule has 1 N–H and O–H groups in total. The summed E-state index contributed by atoms with van der Waals surface area (Å²) in [6, 6.07) is 0.397. The molecule has 1 fully saturated rings. The fourth-order valence-corrected chi connectivity index (χ4v) is 1.07. The topological polar surface area (TPSA) is 29.1 Å². The third-order valence-electron chi connectivity index (χ3n) is 1.83. The van der Waals surface area contributed by atoms with Crippen molar-refractivity contribution in [2.45, 2.75) is 26.3 Å². The van der Waals surface area contributed by atoms with Gasteiger partial charge in [0, 0.05) is 24.9 Å². The molecular formula is C7H13NO. The molecule has 1 aliphatic rings. The molecule has 0 unspecified atom stereocenters. The Kier molecular flexibility index (Phi) is 1.86. The predicted octanol–water partition coefficient (Wildman–Crippen LogP) is 0.573. The van der Waals surface area contributed by atoms with Crippen LogP contribution in [0.25, 0.3) is 0 Å². The molecule has 2 nitrogen and oxygen atoms in total. The maximum absolute atomic E-state index is 11.0. The molecule has 1 aliphatic heterocycles. The standard InChI is InChI=1S/C7H13NO/c1-5-4-8-6(2)3-7(5)9/h5-6,8H,3-4H2,1-2H3/t5-,6-/m1/s1. The zero-order valence-electron chi connectivity index (χ0n) is 5.98. The van der Waals surface area contributed by atoms with Crippen molar-refractivity contribution in [3.8, 4) is 0 Å². The predicted molar refractivity (Wildman–Crippen MR) is 36.3 cm³/mol. The van der Waals surface area contributed by atoms with Crippen LogP contribution in [0.3, 0.4) is 0 Å². The first-order valence-electron chi connectivity index (χ1n) is 3.46. The van der Waals surface area contributed by atoms with Crippen molar-refractivity contribution in [3.05, 3.63) is 0 Å². The van der Waals surface area contributed by atoms with Gasteiger partial charge in [-0.15, -0.1) is 0 Å². The highest BCUT2D eigenvalue weighted by molar-refractivity contribution is 5.82. The van der Waals surface area contributed by atoms with E-state index in [0.29, 0.717) is 18.2 Å². The first-order chi connectivity index (χ1) is 4.20. The summed E-state index contributed by atoms with van der Waals surface area (Å²) in [6.07, 6.45) is 0.709. The van der Waals surface area contributed by atoms with Gasteiger partial charge in [-0.05, 0) is 6.92 Å². The maximum atomic E-state index is 11.0. The van der Waals surface area contributed by atoms with Crippen LogP contribution in [-0.4, -0.2) is 18.4 Å². The number of ketones is 1. The molecule has 0 aliphatic carbocycles. The summed E-state index contributed by atoms with van der Waals surface area (Å²) >= 11 is 0. The fraction of sp³-hybridized carbons (Fsp3) is 0.857. The molecule has 2 atom stereocenters. The largest absolute Gasteiger partial charge is 0.313 e.